The molecular weight excluding hydrogens is 222 g/mol. The van der Waals surface area contributed by atoms with Crippen LogP contribution in [0.3, 0.4) is 0 Å². The van der Waals surface area contributed by atoms with Gasteiger partial charge in [0.1, 0.15) is 6.04 Å². The van der Waals surface area contributed by atoms with Gasteiger partial charge in [-0.1, -0.05) is 20.8 Å². The zero-order valence-corrected chi connectivity index (χ0v) is 12.3. The molecule has 0 aliphatic heterocycles. The predicted octanol–water partition coefficient (Wildman–Crippen LogP) is 1.90. The summed E-state index contributed by atoms with van der Waals surface area (Å²) in [4.78, 5) is 11.3. The smallest absolute Gasteiger partial charge is 0.325 e. The number of hydrogen-bond acceptors (Lipinski definition) is 4. The summed E-state index contributed by atoms with van der Waals surface area (Å²) in [5.74, 6) is -0.388. The van der Waals surface area contributed by atoms with Crippen molar-refractivity contribution in [2.24, 2.45) is 5.73 Å². The van der Waals surface area contributed by atoms with E-state index < -0.39 is 14.4 Å². The van der Waals surface area contributed by atoms with Gasteiger partial charge in [-0.25, -0.2) is 0 Å². The van der Waals surface area contributed by atoms with Crippen LogP contribution < -0.4 is 5.73 Å². The van der Waals surface area contributed by atoms with Crippen molar-refractivity contribution in [2.45, 2.75) is 51.9 Å². The molecule has 0 aliphatic rings. The van der Waals surface area contributed by atoms with Crippen LogP contribution in [0.4, 0.5) is 0 Å². The van der Waals surface area contributed by atoms with E-state index >= 15 is 0 Å². The SMILES string of the molecule is CCOC(=O)[C@H](N)CO[Si](C)(C)C(C)(C)C. The highest BCUT2D eigenvalue weighted by atomic mass is 28.4. The fraction of sp³-hybridized carbons (Fsp3) is 0.909. The molecule has 1 atom stereocenters. The summed E-state index contributed by atoms with van der Waals surface area (Å²) in [6.45, 7) is 13.1. The Morgan fingerprint density at radius 2 is 1.88 bits per heavy atom. The molecule has 5 heteroatoms. The number of rotatable bonds is 5. The van der Waals surface area contributed by atoms with Gasteiger partial charge in [-0.15, -0.1) is 0 Å². The molecule has 0 saturated carbocycles. The highest BCUT2D eigenvalue weighted by Gasteiger charge is 2.37. The summed E-state index contributed by atoms with van der Waals surface area (Å²) in [5, 5.41) is 0.126. The van der Waals surface area contributed by atoms with Crippen molar-refractivity contribution in [1.82, 2.24) is 0 Å². The average molecular weight is 247 g/mol. The molecule has 0 fully saturated rings. The molecule has 96 valence electrons. The number of nitrogens with two attached hydrogens (primary N) is 1. The topological polar surface area (TPSA) is 61.5 Å². The van der Waals surface area contributed by atoms with E-state index in [9.17, 15) is 4.79 Å². The van der Waals surface area contributed by atoms with Crippen LogP contribution in [-0.4, -0.2) is 33.5 Å². The Labute approximate surface area is 99.6 Å². The first-order valence-electron chi connectivity index (χ1n) is 5.68. The fourth-order valence-electron chi connectivity index (χ4n) is 0.832. The van der Waals surface area contributed by atoms with Crippen molar-refractivity contribution in [1.29, 1.82) is 0 Å². The van der Waals surface area contributed by atoms with Crippen molar-refractivity contribution in [3.05, 3.63) is 0 Å². The maximum atomic E-state index is 11.3. The molecule has 4 nitrogen and oxygen atoms in total. The maximum Gasteiger partial charge on any atom is 0.325 e. The lowest BCUT2D eigenvalue weighted by atomic mass is 10.2. The summed E-state index contributed by atoms with van der Waals surface area (Å²) in [6, 6.07) is -0.672. The zero-order chi connectivity index (χ0) is 13.0. The second kappa shape index (κ2) is 5.79. The highest BCUT2D eigenvalue weighted by molar-refractivity contribution is 6.74. The van der Waals surface area contributed by atoms with E-state index in [0.29, 0.717) is 6.61 Å². The Morgan fingerprint density at radius 3 is 2.25 bits per heavy atom. The van der Waals surface area contributed by atoms with Gasteiger partial charge in [0.15, 0.2) is 8.32 Å². The second-order valence-corrected chi connectivity index (χ2v) is 10.2. The molecular formula is C11H25NO3Si. The van der Waals surface area contributed by atoms with Gasteiger partial charge < -0.3 is 14.9 Å². The van der Waals surface area contributed by atoms with Crippen molar-refractivity contribution >= 4 is 14.3 Å². The van der Waals surface area contributed by atoms with Crippen LogP contribution in [0, 0.1) is 0 Å². The van der Waals surface area contributed by atoms with E-state index in [2.05, 4.69) is 33.9 Å². The van der Waals surface area contributed by atoms with Gasteiger partial charge in [-0.2, -0.15) is 0 Å². The van der Waals surface area contributed by atoms with Crippen molar-refractivity contribution in [2.75, 3.05) is 13.2 Å². The quantitative estimate of drug-likeness (QED) is 0.595. The lowest BCUT2D eigenvalue weighted by Gasteiger charge is -2.36. The number of carbonyl (C=O) groups is 1. The van der Waals surface area contributed by atoms with Crippen molar-refractivity contribution in [3.8, 4) is 0 Å². The lowest BCUT2D eigenvalue weighted by molar-refractivity contribution is -0.145. The Hall–Kier alpha value is -0.393. The monoisotopic (exact) mass is 247 g/mol. The number of hydrogen-bond donors (Lipinski definition) is 1. The number of esters is 1. The first-order valence-corrected chi connectivity index (χ1v) is 8.59. The van der Waals surface area contributed by atoms with Crippen LogP contribution in [0.5, 0.6) is 0 Å². The molecule has 0 amide bonds. The third-order valence-electron chi connectivity index (χ3n) is 3.02. The molecule has 0 saturated heterocycles. The Balaban J connectivity index is 4.20. The van der Waals surface area contributed by atoms with E-state index in [1.807, 2.05) is 0 Å². The van der Waals surface area contributed by atoms with Gasteiger partial charge in [0.25, 0.3) is 0 Å². The number of ether oxygens (including phenoxy) is 1. The van der Waals surface area contributed by atoms with Crippen LogP contribution in [-0.2, 0) is 14.0 Å². The molecule has 0 aromatic heterocycles. The largest absolute Gasteiger partial charge is 0.465 e. The summed E-state index contributed by atoms with van der Waals surface area (Å²) in [6.07, 6.45) is 0. The fourth-order valence-corrected chi connectivity index (χ4v) is 1.86. The van der Waals surface area contributed by atoms with Crippen LogP contribution >= 0.6 is 0 Å². The normalized spacial score (nSPS) is 14.7. The minimum Gasteiger partial charge on any atom is -0.465 e. The van der Waals surface area contributed by atoms with Gasteiger partial charge in [0.2, 0.25) is 0 Å². The van der Waals surface area contributed by atoms with Crippen LogP contribution in [0.1, 0.15) is 27.7 Å². The second-order valence-electron chi connectivity index (χ2n) is 5.43. The summed E-state index contributed by atoms with van der Waals surface area (Å²) < 4.78 is 10.7. The van der Waals surface area contributed by atoms with Crippen LogP contribution in [0.15, 0.2) is 0 Å². The van der Waals surface area contributed by atoms with E-state index in [1.54, 1.807) is 6.92 Å². The molecule has 0 bridgehead atoms. The summed E-state index contributed by atoms with van der Waals surface area (Å²) in [5.41, 5.74) is 5.68. The summed E-state index contributed by atoms with van der Waals surface area (Å²) >= 11 is 0. The predicted molar refractivity (Wildman–Crippen MR) is 67.8 cm³/mol. The molecule has 0 aliphatic carbocycles. The van der Waals surface area contributed by atoms with Gasteiger partial charge in [0.05, 0.1) is 13.2 Å². The molecule has 16 heavy (non-hydrogen) atoms. The Bertz CT molecular complexity index is 236. The minimum atomic E-state index is -1.82. The lowest BCUT2D eigenvalue weighted by Crippen LogP contribution is -2.46. The highest BCUT2D eigenvalue weighted by Crippen LogP contribution is 2.36. The van der Waals surface area contributed by atoms with Gasteiger partial charge in [-0.05, 0) is 25.1 Å². The van der Waals surface area contributed by atoms with Crippen molar-refractivity contribution in [3.63, 3.8) is 0 Å². The first kappa shape index (κ1) is 15.6. The minimum absolute atomic E-state index is 0.126. The van der Waals surface area contributed by atoms with E-state index in [4.69, 9.17) is 14.9 Å². The molecule has 0 spiro atoms. The van der Waals surface area contributed by atoms with E-state index in [0.717, 1.165) is 0 Å². The summed E-state index contributed by atoms with van der Waals surface area (Å²) in [7, 11) is -1.82. The maximum absolute atomic E-state index is 11.3. The molecule has 0 heterocycles. The van der Waals surface area contributed by atoms with Crippen molar-refractivity contribution < 1.29 is 14.0 Å². The standard InChI is InChI=1S/C11H25NO3Si/c1-7-14-10(13)9(12)8-15-16(5,6)11(2,3)4/h9H,7-8,12H2,1-6H3/t9-/m1/s1. The van der Waals surface area contributed by atoms with E-state index in [1.165, 1.54) is 0 Å². The van der Waals surface area contributed by atoms with Gasteiger partial charge in [0, 0.05) is 0 Å². The molecule has 0 unspecified atom stereocenters. The molecule has 0 radical (unpaired) electrons. The van der Waals surface area contributed by atoms with Gasteiger partial charge in [-0.3, -0.25) is 4.79 Å². The third kappa shape index (κ3) is 4.63. The molecule has 0 aromatic carbocycles. The third-order valence-corrected chi connectivity index (χ3v) is 7.52. The molecule has 0 aromatic rings. The van der Waals surface area contributed by atoms with E-state index in [-0.39, 0.29) is 17.6 Å². The number of carbonyl (C=O) groups excluding carboxylic acids is 1. The van der Waals surface area contributed by atoms with Crippen LogP contribution in [0.2, 0.25) is 18.1 Å². The molecule has 2 N–H and O–H groups in total. The average Bonchev–Trinajstić information content (AvgIpc) is 2.12. The van der Waals surface area contributed by atoms with Gasteiger partial charge >= 0.3 is 5.97 Å². The Kier molecular flexibility index (Phi) is 5.65. The first-order chi connectivity index (χ1) is 7.12. The Morgan fingerprint density at radius 1 is 1.38 bits per heavy atom. The van der Waals surface area contributed by atoms with Crippen LogP contribution in [0.25, 0.3) is 0 Å². The molecule has 0 rings (SSSR count). The zero-order valence-electron chi connectivity index (χ0n) is 11.3.